The van der Waals surface area contributed by atoms with E-state index in [0.29, 0.717) is 50.4 Å². The molecule has 4 N–H and O–H groups in total. The highest BCUT2D eigenvalue weighted by Crippen LogP contribution is 2.58. The number of urea groups is 1. The Morgan fingerprint density at radius 1 is 0.506 bits per heavy atom. The Morgan fingerprint density at radius 3 is 1.20 bits per heavy atom. The summed E-state index contributed by atoms with van der Waals surface area (Å²) >= 11 is 0. The fraction of sp³-hybridized carbons (Fsp3) is 0.467. The van der Waals surface area contributed by atoms with Crippen LogP contribution in [0.3, 0.4) is 0 Å². The quantitative estimate of drug-likeness (QED) is 0.0562. The molecule has 1 aromatic heterocycles. The van der Waals surface area contributed by atoms with Gasteiger partial charge in [-0.3, -0.25) is 24.7 Å². The molecular weight excluding hydrogens is 1230 g/mol. The van der Waals surface area contributed by atoms with Gasteiger partial charge in [-0.05, 0) is 95.9 Å². The number of carbonyl (C=O) groups excluding carboxylic acids is 3. The number of pyridine rings is 1. The lowest BCUT2D eigenvalue weighted by molar-refractivity contribution is -0.369. The van der Waals surface area contributed by atoms with E-state index in [0.717, 1.165) is 36.4 Å². The van der Waals surface area contributed by atoms with Gasteiger partial charge < -0.3 is 29.7 Å². The lowest BCUT2D eigenvalue weighted by Crippen LogP contribution is -2.62. The second-order valence-electron chi connectivity index (χ2n) is 24.8. The largest absolute Gasteiger partial charge is 0.429 e. The Hall–Kier alpha value is -6.67. The van der Waals surface area contributed by atoms with Gasteiger partial charge in [0.25, 0.3) is 23.0 Å². The number of hydrogen-bond acceptors (Lipinski definition) is 9. The van der Waals surface area contributed by atoms with E-state index in [2.05, 4.69) is 15.6 Å². The van der Waals surface area contributed by atoms with Crippen molar-refractivity contribution in [2.45, 2.75) is 127 Å². The summed E-state index contributed by atoms with van der Waals surface area (Å²) in [6.45, 7) is 17.9. The molecule has 2 aliphatic heterocycles. The van der Waals surface area contributed by atoms with E-state index in [4.69, 9.17) is 14.6 Å². The molecule has 4 aromatic carbocycles. The molecule has 0 radical (unpaired) electrons. The van der Waals surface area contributed by atoms with E-state index in [9.17, 15) is 75.8 Å². The molecule has 0 bridgehead atoms. The highest BCUT2D eigenvalue weighted by Gasteiger charge is 2.76. The number of halogens is 14. The van der Waals surface area contributed by atoms with Gasteiger partial charge in [0.15, 0.2) is 16.6 Å². The number of rotatable bonds is 14. The molecule has 0 aliphatic carbocycles. The SMILES string of the molecule is CC(C)(C)[Si](C)(C)OC(c1ccc(CN2CCN(C(=O)c3ccc(N)c(F)c3)CC2)cc1)(C(F)(F)F)C(F)(F)F.CC(C)(C)[Si](C)(C)OC(c1ccc(CN2CCN(C(=O)c3ccc(NC(=O)Nc4ccccn4)c(F)c3)CC2)cc1)(C(F)(F)F)C(F)(F)F. The molecule has 488 valence electrons. The van der Waals surface area contributed by atoms with Crippen LogP contribution in [0.4, 0.5) is 83.5 Å². The van der Waals surface area contributed by atoms with Gasteiger partial charge in [-0.25, -0.2) is 18.6 Å². The number of nitrogens with one attached hydrogen (secondary N) is 2. The summed E-state index contributed by atoms with van der Waals surface area (Å²) in [5, 5.41) is 2.99. The van der Waals surface area contributed by atoms with E-state index in [1.165, 1.54) is 85.8 Å². The second kappa shape index (κ2) is 26.7. The first kappa shape index (κ1) is 71.4. The Kier molecular flexibility index (Phi) is 21.4. The van der Waals surface area contributed by atoms with Crippen molar-refractivity contribution in [3.05, 3.63) is 154 Å². The van der Waals surface area contributed by atoms with Gasteiger partial charge in [-0.15, -0.1) is 0 Å². The maximum Gasteiger partial charge on any atom is 0.429 e. The summed E-state index contributed by atoms with van der Waals surface area (Å²) in [6, 6.07) is 19.9. The van der Waals surface area contributed by atoms with Crippen molar-refractivity contribution >= 4 is 51.7 Å². The molecule has 3 heterocycles. The van der Waals surface area contributed by atoms with Gasteiger partial charge >= 0.3 is 30.7 Å². The van der Waals surface area contributed by atoms with Crippen molar-refractivity contribution in [3.63, 3.8) is 0 Å². The number of nitrogens with zero attached hydrogens (tertiary/aromatic N) is 5. The number of benzene rings is 4. The number of carbonyl (C=O) groups is 3. The van der Waals surface area contributed by atoms with Crippen LogP contribution in [-0.2, 0) is 33.1 Å². The zero-order chi connectivity index (χ0) is 66.7. The highest BCUT2D eigenvalue weighted by atomic mass is 28.4. The number of nitrogens with two attached hydrogens (primary N) is 1. The van der Waals surface area contributed by atoms with Crippen molar-refractivity contribution in [2.75, 3.05) is 68.7 Å². The summed E-state index contributed by atoms with van der Waals surface area (Å²) in [7, 11) is -7.13. The van der Waals surface area contributed by atoms with Gasteiger partial charge in [0.05, 0.1) is 11.4 Å². The predicted molar refractivity (Wildman–Crippen MR) is 313 cm³/mol. The van der Waals surface area contributed by atoms with Crippen LogP contribution in [-0.4, -0.2) is 136 Å². The van der Waals surface area contributed by atoms with Crippen LogP contribution >= 0.6 is 0 Å². The van der Waals surface area contributed by atoms with Crippen molar-refractivity contribution < 1.29 is 84.7 Å². The summed E-state index contributed by atoms with van der Waals surface area (Å²) in [5.41, 5.74) is -4.56. The lowest BCUT2D eigenvalue weighted by Gasteiger charge is -2.47. The molecule has 0 saturated carbocycles. The van der Waals surface area contributed by atoms with Crippen LogP contribution in [0.15, 0.2) is 109 Å². The molecule has 7 rings (SSSR count). The van der Waals surface area contributed by atoms with Crippen LogP contribution in [0.1, 0.15) is 84.5 Å². The normalized spacial score (nSPS) is 15.7. The van der Waals surface area contributed by atoms with E-state index >= 15 is 0 Å². The third-order valence-electron chi connectivity index (χ3n) is 16.5. The fourth-order valence-electron chi connectivity index (χ4n) is 9.30. The number of piperazine rings is 2. The number of hydrogen-bond donors (Lipinski definition) is 3. The minimum atomic E-state index is -5.78. The average molecular weight is 1310 g/mol. The van der Waals surface area contributed by atoms with E-state index in [1.54, 1.807) is 64.6 Å². The molecule has 4 amide bonds. The first-order chi connectivity index (χ1) is 40.8. The van der Waals surface area contributed by atoms with Gasteiger partial charge in [0, 0.05) is 93.9 Å². The Morgan fingerprint density at radius 2 is 0.876 bits per heavy atom. The summed E-state index contributed by atoms with van der Waals surface area (Å²) < 4.78 is 211. The standard InChI is InChI=1S/C33H38F7N5O3Si.C27H34F7N3O2Si/c1-30(2,3)49(4,5)48-31(32(35,36)37,33(38,39)40)24-12-9-22(10-13-24)21-44-16-18-45(19-17-44)28(46)23-11-14-26(25(34)20-23)42-29(47)43-27-8-6-7-15-41-27;1-24(2,3)40(4,5)39-25(26(29,30)31,27(32,33)34)20-9-6-18(7-10-20)17-36-12-14-37(15-13-36)23(38)19-8-11-22(35)21(28)16-19/h6-15,20H,16-19,21H2,1-5H3,(H2,41,42,43,47);6-11,16H,12-15,17,35H2,1-5H3. The maximum absolute atomic E-state index is 14.8. The van der Waals surface area contributed by atoms with Crippen molar-refractivity contribution in [2.24, 2.45) is 0 Å². The smallest absolute Gasteiger partial charge is 0.396 e. The summed E-state index contributed by atoms with van der Waals surface area (Å²) in [5.74, 6) is -2.05. The number of amides is 4. The Labute approximate surface area is 509 Å². The number of alkyl halides is 12. The lowest BCUT2D eigenvalue weighted by atomic mass is 9.91. The van der Waals surface area contributed by atoms with Crippen molar-refractivity contribution in [3.8, 4) is 0 Å². The molecule has 2 saturated heterocycles. The third kappa shape index (κ3) is 16.3. The zero-order valence-corrected chi connectivity index (χ0v) is 52.6. The predicted octanol–water partition coefficient (Wildman–Crippen LogP) is 14.9. The molecule has 89 heavy (non-hydrogen) atoms. The molecule has 2 aliphatic rings. The molecule has 2 fully saturated rings. The number of nitrogen functional groups attached to an aromatic ring is 1. The Bertz CT molecular complexity index is 3220. The summed E-state index contributed by atoms with van der Waals surface area (Å²) in [4.78, 5) is 48.8. The molecule has 0 unspecified atom stereocenters. The van der Waals surface area contributed by atoms with Gasteiger partial charge in [-0.2, -0.15) is 52.7 Å². The van der Waals surface area contributed by atoms with Crippen LogP contribution in [0, 0.1) is 11.6 Å². The Balaban J connectivity index is 0.000000290. The van der Waals surface area contributed by atoms with Crippen molar-refractivity contribution in [1.82, 2.24) is 24.6 Å². The number of aromatic nitrogens is 1. The first-order valence-corrected chi connectivity index (χ1v) is 33.9. The molecule has 0 spiro atoms. The molecular formula is C60H72F14N8O5Si2. The van der Waals surface area contributed by atoms with E-state index in [1.807, 2.05) is 9.80 Å². The van der Waals surface area contributed by atoms with Crippen LogP contribution < -0.4 is 16.4 Å². The van der Waals surface area contributed by atoms with E-state index in [-0.39, 0.29) is 60.4 Å². The average Bonchev–Trinajstić information content (AvgIpc) is 1.13. The van der Waals surface area contributed by atoms with Crippen molar-refractivity contribution in [1.29, 1.82) is 0 Å². The summed E-state index contributed by atoms with van der Waals surface area (Å²) in [6.07, 6.45) is -21.6. The highest BCUT2D eigenvalue weighted by molar-refractivity contribution is 6.74. The van der Waals surface area contributed by atoms with Crippen LogP contribution in [0.2, 0.25) is 36.3 Å². The zero-order valence-electron chi connectivity index (χ0n) is 50.6. The first-order valence-electron chi connectivity index (χ1n) is 28.1. The maximum atomic E-state index is 14.8. The third-order valence-corrected chi connectivity index (χ3v) is 25.4. The number of anilines is 3. The minimum Gasteiger partial charge on any atom is -0.396 e. The molecule has 0 atom stereocenters. The molecule has 13 nitrogen and oxygen atoms in total. The fourth-order valence-corrected chi connectivity index (χ4v) is 12.1. The monoisotopic (exact) mass is 1310 g/mol. The van der Waals surface area contributed by atoms with Crippen LogP contribution in [0.25, 0.3) is 0 Å². The topological polar surface area (TPSA) is 146 Å². The van der Waals surface area contributed by atoms with Gasteiger partial charge in [0.2, 0.25) is 0 Å². The van der Waals surface area contributed by atoms with Gasteiger partial charge in [0.1, 0.15) is 17.5 Å². The minimum absolute atomic E-state index is 0.0648. The van der Waals surface area contributed by atoms with Crippen LogP contribution in [0.5, 0.6) is 0 Å². The van der Waals surface area contributed by atoms with Gasteiger partial charge in [-0.1, -0.05) is 96.1 Å². The second-order valence-corrected chi connectivity index (χ2v) is 34.3. The molecule has 29 heteroatoms. The van der Waals surface area contributed by atoms with E-state index < -0.39 is 97.3 Å². The molecule has 5 aromatic rings.